The van der Waals surface area contributed by atoms with E-state index in [4.69, 9.17) is 0 Å². The van der Waals surface area contributed by atoms with Gasteiger partial charge in [-0.2, -0.15) is 5.26 Å². The summed E-state index contributed by atoms with van der Waals surface area (Å²) in [5, 5.41) is 17.1. The summed E-state index contributed by atoms with van der Waals surface area (Å²) in [5.41, 5.74) is 14.9. The lowest BCUT2D eigenvalue weighted by Crippen LogP contribution is -2.61. The van der Waals surface area contributed by atoms with Crippen molar-refractivity contribution in [1.82, 2.24) is 4.57 Å². The molecule has 0 amide bonds. The highest BCUT2D eigenvalue weighted by molar-refractivity contribution is 7.33. The van der Waals surface area contributed by atoms with Gasteiger partial charge in [0, 0.05) is 62.9 Å². The van der Waals surface area contributed by atoms with Crippen molar-refractivity contribution in [2.45, 2.75) is 26.2 Å². The first-order valence-corrected chi connectivity index (χ1v) is 20.8. The summed E-state index contributed by atoms with van der Waals surface area (Å²) in [7, 11) is 0. The zero-order valence-electron chi connectivity index (χ0n) is 30.9. The van der Waals surface area contributed by atoms with E-state index in [9.17, 15) is 5.26 Å². The van der Waals surface area contributed by atoms with E-state index in [0.29, 0.717) is 5.56 Å². The van der Waals surface area contributed by atoms with Crippen LogP contribution in [-0.2, 0) is 5.41 Å². The number of hydrogen-bond acceptors (Lipinski definition) is 5. The van der Waals surface area contributed by atoms with Crippen LogP contribution in [0.15, 0.2) is 133 Å². The molecule has 4 nitrogen and oxygen atoms in total. The number of aromatic nitrogens is 1. The van der Waals surface area contributed by atoms with Gasteiger partial charge in [0.05, 0.1) is 45.4 Å². The Balaban J connectivity index is 1.19. The summed E-state index contributed by atoms with van der Waals surface area (Å²) in [6.45, 7) is 6.88. The van der Waals surface area contributed by atoms with Crippen molar-refractivity contribution in [3.63, 3.8) is 0 Å². The molecule has 0 aliphatic carbocycles. The third-order valence-corrected chi connectivity index (χ3v) is 14.8. The fourth-order valence-electron chi connectivity index (χ4n) is 10.0. The molecule has 7 aromatic carbocycles. The molecule has 3 aliphatic rings. The van der Waals surface area contributed by atoms with Crippen molar-refractivity contribution in [3.8, 4) is 11.8 Å². The molecule has 0 saturated heterocycles. The van der Waals surface area contributed by atoms with Gasteiger partial charge in [-0.05, 0) is 88.6 Å². The van der Waals surface area contributed by atoms with Crippen molar-refractivity contribution in [1.29, 1.82) is 5.26 Å². The molecule has 0 saturated carbocycles. The fourth-order valence-corrected chi connectivity index (χ4v) is 12.4. The van der Waals surface area contributed by atoms with Crippen molar-refractivity contribution in [2.24, 2.45) is 0 Å². The van der Waals surface area contributed by atoms with Crippen LogP contribution in [0.1, 0.15) is 31.9 Å². The molecular formula is C49H31BN4S2. The van der Waals surface area contributed by atoms with Crippen LogP contribution in [0, 0.1) is 11.3 Å². The molecule has 56 heavy (non-hydrogen) atoms. The first kappa shape index (κ1) is 30.9. The summed E-state index contributed by atoms with van der Waals surface area (Å²) < 4.78 is 7.67. The van der Waals surface area contributed by atoms with E-state index >= 15 is 0 Å². The molecule has 6 heterocycles. The summed E-state index contributed by atoms with van der Waals surface area (Å²) in [6.07, 6.45) is 0. The molecule has 13 rings (SSSR count). The number of benzene rings is 7. The molecule has 7 heteroatoms. The zero-order chi connectivity index (χ0) is 37.2. The lowest BCUT2D eigenvalue weighted by atomic mass is 9.36. The van der Waals surface area contributed by atoms with Gasteiger partial charge in [0.25, 0.3) is 6.71 Å². The van der Waals surface area contributed by atoms with Crippen LogP contribution in [0.25, 0.3) is 57.8 Å². The molecule has 262 valence electrons. The van der Waals surface area contributed by atoms with Gasteiger partial charge >= 0.3 is 0 Å². The summed E-state index contributed by atoms with van der Waals surface area (Å²) >= 11 is 3.77. The molecular weight excluding hydrogens is 720 g/mol. The Morgan fingerprint density at radius 3 is 2.14 bits per heavy atom. The van der Waals surface area contributed by atoms with Crippen LogP contribution in [0.3, 0.4) is 0 Å². The van der Waals surface area contributed by atoms with E-state index < -0.39 is 0 Å². The largest absolute Gasteiger partial charge is 0.310 e. The van der Waals surface area contributed by atoms with Crippen LogP contribution in [0.4, 0.5) is 34.1 Å². The molecule has 0 fully saturated rings. The monoisotopic (exact) mass is 750 g/mol. The summed E-state index contributed by atoms with van der Waals surface area (Å²) in [4.78, 5) is 4.98. The summed E-state index contributed by atoms with van der Waals surface area (Å²) in [5.74, 6) is 0. The minimum absolute atomic E-state index is 0.0157. The third kappa shape index (κ3) is 3.78. The molecule has 3 aliphatic heterocycles. The van der Waals surface area contributed by atoms with Crippen molar-refractivity contribution < 1.29 is 0 Å². The number of para-hydroxylation sites is 3. The maximum atomic E-state index is 10.8. The molecule has 10 aromatic rings. The predicted octanol–water partition coefficient (Wildman–Crippen LogP) is 11.9. The second-order valence-corrected chi connectivity index (χ2v) is 18.6. The van der Waals surface area contributed by atoms with E-state index in [1.807, 2.05) is 22.7 Å². The van der Waals surface area contributed by atoms with Gasteiger partial charge in [-0.15, -0.1) is 22.7 Å². The molecule has 0 bridgehead atoms. The number of rotatable bonds is 1. The first-order valence-electron chi connectivity index (χ1n) is 19.2. The normalized spacial score (nSPS) is 13.9. The second kappa shape index (κ2) is 10.5. The number of anilines is 6. The Kier molecular flexibility index (Phi) is 5.80. The van der Waals surface area contributed by atoms with Crippen LogP contribution < -0.4 is 25.5 Å². The molecule has 0 unspecified atom stereocenters. The van der Waals surface area contributed by atoms with Gasteiger partial charge in [0.15, 0.2) is 0 Å². The number of hydrogen-bond donors (Lipinski definition) is 0. The lowest BCUT2D eigenvalue weighted by molar-refractivity contribution is 0.591. The highest BCUT2D eigenvalue weighted by Crippen LogP contribution is 2.54. The van der Waals surface area contributed by atoms with E-state index in [1.165, 1.54) is 90.4 Å². The number of fused-ring (bicyclic) bond motifs is 14. The van der Waals surface area contributed by atoms with Crippen LogP contribution in [-0.4, -0.2) is 11.3 Å². The lowest BCUT2D eigenvalue weighted by Gasteiger charge is -2.45. The zero-order valence-corrected chi connectivity index (χ0v) is 32.5. The van der Waals surface area contributed by atoms with Gasteiger partial charge in [0.2, 0.25) is 0 Å². The van der Waals surface area contributed by atoms with Crippen LogP contribution in [0.2, 0.25) is 0 Å². The van der Waals surface area contributed by atoms with Crippen LogP contribution in [0.5, 0.6) is 0 Å². The molecule has 0 N–H and O–H groups in total. The number of nitrogens with zero attached hydrogens (tertiary/aromatic N) is 4. The van der Waals surface area contributed by atoms with Gasteiger partial charge in [-0.25, -0.2) is 0 Å². The third-order valence-electron chi connectivity index (χ3n) is 12.4. The predicted molar refractivity (Wildman–Crippen MR) is 240 cm³/mol. The maximum Gasteiger partial charge on any atom is 0.264 e. The highest BCUT2D eigenvalue weighted by Gasteiger charge is 2.47. The first-order chi connectivity index (χ1) is 27.4. The number of thiophene rings is 2. The highest BCUT2D eigenvalue weighted by atomic mass is 32.1. The van der Waals surface area contributed by atoms with E-state index in [2.05, 4.69) is 175 Å². The number of nitriles is 1. The van der Waals surface area contributed by atoms with E-state index in [0.717, 1.165) is 22.7 Å². The Bertz CT molecular complexity index is 3460. The molecule has 0 radical (unpaired) electrons. The fraction of sp³-hybridized carbons (Fsp3) is 0.0816. The average Bonchev–Trinajstić information content (AvgIpc) is 3.90. The van der Waals surface area contributed by atoms with Crippen molar-refractivity contribution >= 4 is 131 Å². The SMILES string of the molecule is CC(C)(C)c1ccc2sc3c(c2c1)N(c1ccc2sc4ccccc4c2c1)c1cc(C#N)cc2c1B3c1cccc3c1N2c1cccc2c4ccccc4n-3c12. The van der Waals surface area contributed by atoms with Crippen LogP contribution >= 0.6 is 22.7 Å². The average molecular weight is 751 g/mol. The minimum Gasteiger partial charge on any atom is -0.310 e. The topological polar surface area (TPSA) is 35.2 Å². The van der Waals surface area contributed by atoms with Gasteiger partial charge < -0.3 is 14.4 Å². The standard InChI is InChI=1S/C49H31BN4S2/c1-49(2,3)28-18-20-43-34(24-28)46-48(56-43)50-35-13-9-16-38-47(35)54(37-15-8-12-32-30-10-4-6-14-36(30)53(38)45(32)37)40-23-27(26-51)22-39(44(40)50)52(46)29-19-21-42-33(25-29)31-11-5-7-17-41(31)55-42/h4-25H,1-3H3. The molecule has 0 atom stereocenters. The Labute approximate surface area is 331 Å². The Morgan fingerprint density at radius 2 is 1.29 bits per heavy atom. The van der Waals surface area contributed by atoms with E-state index in [1.54, 1.807) is 0 Å². The maximum absolute atomic E-state index is 10.8. The minimum atomic E-state index is -0.0195. The van der Waals surface area contributed by atoms with Gasteiger partial charge in [0.1, 0.15) is 0 Å². The van der Waals surface area contributed by atoms with Crippen molar-refractivity contribution in [3.05, 3.63) is 145 Å². The molecule has 3 aromatic heterocycles. The molecule has 0 spiro atoms. The quantitative estimate of drug-likeness (QED) is 0.157. The van der Waals surface area contributed by atoms with Gasteiger partial charge in [-0.1, -0.05) is 87.5 Å². The second-order valence-electron chi connectivity index (χ2n) is 16.4. The van der Waals surface area contributed by atoms with E-state index in [-0.39, 0.29) is 12.1 Å². The Morgan fingerprint density at radius 1 is 0.571 bits per heavy atom. The van der Waals surface area contributed by atoms with Crippen molar-refractivity contribution in [2.75, 3.05) is 9.80 Å². The summed E-state index contributed by atoms with van der Waals surface area (Å²) in [6, 6.07) is 52.1. The Hall–Kier alpha value is -6.33. The smallest absolute Gasteiger partial charge is 0.264 e. The van der Waals surface area contributed by atoms with Gasteiger partial charge in [-0.3, -0.25) is 0 Å².